The van der Waals surface area contributed by atoms with Crippen molar-refractivity contribution in [2.75, 3.05) is 7.11 Å². The van der Waals surface area contributed by atoms with E-state index in [-0.39, 0.29) is 33.8 Å². The zero-order valence-corrected chi connectivity index (χ0v) is 19.4. The molecular weight excluding hydrogens is 468 g/mol. The molecule has 5 rings (SSSR count). The van der Waals surface area contributed by atoms with Gasteiger partial charge >= 0.3 is 0 Å². The lowest BCUT2D eigenvalue weighted by Crippen LogP contribution is -2.22. The van der Waals surface area contributed by atoms with Gasteiger partial charge in [0.1, 0.15) is 10.6 Å². The smallest absolute Gasteiger partial charge is 0.287 e. The number of sulfone groups is 1. The average molecular weight is 489 g/mol. The minimum Gasteiger partial charge on any atom is -0.495 e. The van der Waals surface area contributed by atoms with Crippen LogP contribution >= 0.6 is 0 Å². The van der Waals surface area contributed by atoms with Crippen LogP contribution < -0.4 is 10.1 Å². The number of methoxy groups -OCH3 is 1. The van der Waals surface area contributed by atoms with E-state index in [1.54, 1.807) is 71.9 Å². The molecule has 0 unspecified atom stereocenters. The summed E-state index contributed by atoms with van der Waals surface area (Å²) in [5, 5.41) is 7.71. The van der Waals surface area contributed by atoms with Crippen molar-refractivity contribution in [2.24, 2.45) is 0 Å². The van der Waals surface area contributed by atoms with Gasteiger partial charge in [0, 0.05) is 36.6 Å². The van der Waals surface area contributed by atoms with E-state index in [1.165, 1.54) is 25.3 Å². The van der Waals surface area contributed by atoms with Crippen molar-refractivity contribution >= 4 is 26.7 Å². The van der Waals surface area contributed by atoms with E-state index in [0.717, 1.165) is 10.9 Å². The molecule has 0 spiro atoms. The lowest BCUT2D eigenvalue weighted by molar-refractivity contribution is 0.0925. The second-order valence-electron chi connectivity index (χ2n) is 7.64. The van der Waals surface area contributed by atoms with Gasteiger partial charge in [-0.3, -0.25) is 9.78 Å². The molecule has 0 aliphatic heterocycles. The van der Waals surface area contributed by atoms with E-state index in [9.17, 15) is 13.2 Å². The highest BCUT2D eigenvalue weighted by molar-refractivity contribution is 7.91. The molecule has 3 heterocycles. The third-order valence-corrected chi connectivity index (χ3v) is 7.25. The van der Waals surface area contributed by atoms with Crippen molar-refractivity contribution in [1.82, 2.24) is 20.1 Å². The molecule has 1 N–H and O–H groups in total. The van der Waals surface area contributed by atoms with Gasteiger partial charge in [-0.05, 0) is 48.0 Å². The molecule has 0 radical (unpaired) electrons. The van der Waals surface area contributed by atoms with E-state index >= 15 is 0 Å². The molecule has 0 aliphatic carbocycles. The summed E-state index contributed by atoms with van der Waals surface area (Å²) in [5.41, 5.74) is 1.94. The minimum absolute atomic E-state index is 0.0522. The van der Waals surface area contributed by atoms with E-state index in [1.807, 2.05) is 0 Å². The van der Waals surface area contributed by atoms with Gasteiger partial charge in [0.2, 0.25) is 9.84 Å². The van der Waals surface area contributed by atoms with Gasteiger partial charge in [-0.1, -0.05) is 12.1 Å². The SMILES string of the molecule is COc1cc(-n2cccn2)ccc1S(=O)(=O)c1ccc(CNC(=O)c2cc3ccncc3o2)cc1. The Balaban J connectivity index is 1.31. The Morgan fingerprint density at radius 1 is 1.09 bits per heavy atom. The number of aromatic nitrogens is 3. The number of carbonyl (C=O) groups excluding carboxylic acids is 1. The van der Waals surface area contributed by atoms with Crippen LogP contribution in [0.3, 0.4) is 0 Å². The molecule has 0 atom stereocenters. The first kappa shape index (κ1) is 22.4. The fourth-order valence-electron chi connectivity index (χ4n) is 3.62. The molecule has 5 aromatic rings. The summed E-state index contributed by atoms with van der Waals surface area (Å²) in [4.78, 5) is 16.6. The van der Waals surface area contributed by atoms with Crippen LogP contribution in [0.15, 0.2) is 99.7 Å². The topological polar surface area (TPSA) is 116 Å². The number of hydrogen-bond donors (Lipinski definition) is 1. The zero-order valence-electron chi connectivity index (χ0n) is 18.6. The highest BCUT2D eigenvalue weighted by Gasteiger charge is 2.23. The van der Waals surface area contributed by atoms with Crippen LogP contribution in [0.25, 0.3) is 16.7 Å². The van der Waals surface area contributed by atoms with Crippen molar-refractivity contribution in [2.45, 2.75) is 16.3 Å². The maximum absolute atomic E-state index is 13.3. The first-order chi connectivity index (χ1) is 17.0. The monoisotopic (exact) mass is 488 g/mol. The summed E-state index contributed by atoms with van der Waals surface area (Å²) in [5.74, 6) is 0.0214. The van der Waals surface area contributed by atoms with Crippen LogP contribution in [-0.4, -0.2) is 36.2 Å². The summed E-state index contributed by atoms with van der Waals surface area (Å²) >= 11 is 0. The van der Waals surface area contributed by atoms with Crippen LogP contribution in [-0.2, 0) is 16.4 Å². The zero-order chi connectivity index (χ0) is 24.4. The van der Waals surface area contributed by atoms with Gasteiger partial charge in [0.05, 0.1) is 23.9 Å². The molecule has 0 saturated heterocycles. The molecule has 10 heteroatoms. The van der Waals surface area contributed by atoms with Gasteiger partial charge in [-0.2, -0.15) is 5.10 Å². The summed E-state index contributed by atoms with van der Waals surface area (Å²) in [6, 6.07) is 16.3. The van der Waals surface area contributed by atoms with Gasteiger partial charge in [-0.15, -0.1) is 0 Å². The van der Waals surface area contributed by atoms with Crippen molar-refractivity contribution in [3.05, 3.63) is 96.8 Å². The fraction of sp³-hybridized carbons (Fsp3) is 0.0800. The number of rotatable bonds is 7. The quantitative estimate of drug-likeness (QED) is 0.371. The number of hydrogen-bond acceptors (Lipinski definition) is 7. The van der Waals surface area contributed by atoms with Crippen molar-refractivity contribution in [1.29, 1.82) is 0 Å². The van der Waals surface area contributed by atoms with Crippen molar-refractivity contribution in [3.8, 4) is 11.4 Å². The maximum atomic E-state index is 13.3. The Bertz CT molecular complexity index is 1570. The number of pyridine rings is 1. The van der Waals surface area contributed by atoms with Crippen molar-refractivity contribution in [3.63, 3.8) is 0 Å². The van der Waals surface area contributed by atoms with E-state index in [4.69, 9.17) is 9.15 Å². The number of ether oxygens (including phenoxy) is 1. The van der Waals surface area contributed by atoms with Crippen LogP contribution in [0.5, 0.6) is 5.75 Å². The number of nitrogens with one attached hydrogen (secondary N) is 1. The van der Waals surface area contributed by atoms with Gasteiger partial charge in [0.25, 0.3) is 5.91 Å². The second kappa shape index (κ2) is 9.07. The highest BCUT2D eigenvalue weighted by atomic mass is 32.2. The van der Waals surface area contributed by atoms with Crippen LogP contribution in [0.1, 0.15) is 16.1 Å². The Morgan fingerprint density at radius 3 is 2.63 bits per heavy atom. The summed E-state index contributed by atoms with van der Waals surface area (Å²) < 4.78 is 39.0. The molecule has 0 saturated carbocycles. The summed E-state index contributed by atoms with van der Waals surface area (Å²) in [6.07, 6.45) is 6.56. The number of fused-ring (bicyclic) bond motifs is 1. The first-order valence-electron chi connectivity index (χ1n) is 10.6. The molecule has 2 aromatic carbocycles. The molecule has 0 bridgehead atoms. The second-order valence-corrected chi connectivity index (χ2v) is 9.56. The maximum Gasteiger partial charge on any atom is 0.287 e. The fourth-order valence-corrected chi connectivity index (χ4v) is 5.02. The largest absolute Gasteiger partial charge is 0.495 e. The molecule has 176 valence electrons. The Hall–Kier alpha value is -4.44. The molecule has 35 heavy (non-hydrogen) atoms. The number of benzene rings is 2. The number of furan rings is 1. The normalized spacial score (nSPS) is 11.5. The van der Waals surface area contributed by atoms with Crippen LogP contribution in [0, 0.1) is 0 Å². The predicted octanol–water partition coefficient (Wildman–Crippen LogP) is 3.78. The van der Waals surface area contributed by atoms with Crippen LogP contribution in [0.2, 0.25) is 0 Å². The molecule has 3 aromatic heterocycles. The summed E-state index contributed by atoms with van der Waals surface area (Å²) in [6.45, 7) is 0.205. The highest BCUT2D eigenvalue weighted by Crippen LogP contribution is 2.31. The predicted molar refractivity (Wildman–Crippen MR) is 127 cm³/mol. The molecule has 0 fully saturated rings. The summed E-state index contributed by atoms with van der Waals surface area (Å²) in [7, 11) is -2.41. The standard InChI is InChI=1S/C25H20N4O5S/c1-33-21-14-19(29-12-2-10-28-29)5-8-24(21)35(31,32)20-6-3-17(4-7-20)15-27-25(30)22-13-18-9-11-26-16-23(18)34-22/h2-14,16H,15H2,1H3,(H,27,30). The minimum atomic E-state index is -3.84. The third kappa shape index (κ3) is 4.38. The number of carbonyl (C=O) groups is 1. The molecule has 1 amide bonds. The molecule has 0 aliphatic rings. The first-order valence-corrected chi connectivity index (χ1v) is 12.1. The van der Waals surface area contributed by atoms with Gasteiger partial charge in [-0.25, -0.2) is 13.1 Å². The van der Waals surface area contributed by atoms with E-state index < -0.39 is 9.84 Å². The third-order valence-electron chi connectivity index (χ3n) is 5.44. The van der Waals surface area contributed by atoms with Crippen molar-refractivity contribution < 1.29 is 22.4 Å². The van der Waals surface area contributed by atoms with E-state index in [0.29, 0.717) is 11.3 Å². The average Bonchev–Trinajstić information content (AvgIpc) is 3.57. The molecular formula is C25H20N4O5S. The lowest BCUT2D eigenvalue weighted by atomic mass is 10.2. The van der Waals surface area contributed by atoms with E-state index in [2.05, 4.69) is 15.4 Å². The Kier molecular flexibility index (Phi) is 5.79. The van der Waals surface area contributed by atoms with Gasteiger partial charge in [0.15, 0.2) is 11.3 Å². The number of amides is 1. The Morgan fingerprint density at radius 2 is 1.91 bits per heavy atom. The van der Waals surface area contributed by atoms with Gasteiger partial charge < -0.3 is 14.5 Å². The Labute approximate surface area is 200 Å². The lowest BCUT2D eigenvalue weighted by Gasteiger charge is -2.12. The number of nitrogens with zero attached hydrogens (tertiary/aromatic N) is 3. The molecule has 9 nitrogen and oxygen atoms in total. The van der Waals surface area contributed by atoms with Crippen LogP contribution in [0.4, 0.5) is 0 Å².